The predicted octanol–water partition coefficient (Wildman–Crippen LogP) is 5.92. The fraction of sp³-hybridized carbons (Fsp3) is 0.556. The molecule has 0 radical (unpaired) electrons. The summed E-state index contributed by atoms with van der Waals surface area (Å²) in [6, 6.07) is 13.9. The van der Waals surface area contributed by atoms with Crippen molar-refractivity contribution in [1.29, 1.82) is 0 Å². The smallest absolute Gasteiger partial charge is 0.121 e. The van der Waals surface area contributed by atoms with E-state index in [0.29, 0.717) is 22.4 Å². The lowest BCUT2D eigenvalue weighted by Crippen LogP contribution is -2.48. The van der Waals surface area contributed by atoms with Gasteiger partial charge in [-0.3, -0.25) is 9.80 Å². The summed E-state index contributed by atoms with van der Waals surface area (Å²) in [6.45, 7) is 7.56. The van der Waals surface area contributed by atoms with Crippen LogP contribution in [0.5, 0.6) is 11.5 Å². The number of hydrogen-bond donors (Lipinski definition) is 0. The third kappa shape index (κ3) is 7.25. The third-order valence-electron chi connectivity index (χ3n) is 7.05. The number of rotatable bonds is 10. The van der Waals surface area contributed by atoms with Crippen LogP contribution in [-0.2, 0) is 11.3 Å². The number of halogens is 2. The number of hydrogen-bond acceptors (Lipinski definition) is 5. The van der Waals surface area contributed by atoms with Gasteiger partial charge in [-0.2, -0.15) is 0 Å². The molecule has 2 fully saturated rings. The van der Waals surface area contributed by atoms with Gasteiger partial charge in [0.05, 0.1) is 10.0 Å². The van der Waals surface area contributed by atoms with E-state index in [4.69, 9.17) is 37.4 Å². The Hall–Kier alpha value is -1.50. The van der Waals surface area contributed by atoms with E-state index in [1.165, 1.54) is 37.9 Å². The van der Waals surface area contributed by atoms with Crippen LogP contribution < -0.4 is 9.47 Å². The van der Waals surface area contributed by atoms with Gasteiger partial charge in [0, 0.05) is 39.4 Å². The van der Waals surface area contributed by atoms with Crippen LogP contribution in [0.3, 0.4) is 0 Å². The van der Waals surface area contributed by atoms with E-state index in [1.54, 1.807) is 19.2 Å². The van der Waals surface area contributed by atoms with Crippen molar-refractivity contribution in [3.8, 4) is 11.5 Å². The number of likely N-dealkylation sites (tertiary alicyclic amines) is 2. The van der Waals surface area contributed by atoms with Gasteiger partial charge in [-0.15, -0.1) is 0 Å². The van der Waals surface area contributed by atoms with Gasteiger partial charge in [-0.25, -0.2) is 0 Å². The number of piperidine rings is 2. The Bertz CT molecular complexity index is 895. The first-order valence-electron chi connectivity index (χ1n) is 12.3. The number of methoxy groups -OCH3 is 1. The molecule has 0 N–H and O–H groups in total. The lowest BCUT2D eigenvalue weighted by Gasteiger charge is -2.40. The summed E-state index contributed by atoms with van der Waals surface area (Å²) in [5.41, 5.74) is 1.02. The Morgan fingerprint density at radius 2 is 1.50 bits per heavy atom. The highest BCUT2D eigenvalue weighted by Crippen LogP contribution is 2.30. The molecule has 0 aromatic heterocycles. The minimum atomic E-state index is -0.283. The van der Waals surface area contributed by atoms with Crippen LogP contribution in [0.4, 0.5) is 0 Å². The minimum absolute atomic E-state index is 0.283. The fourth-order valence-corrected chi connectivity index (χ4v) is 5.02. The molecule has 186 valence electrons. The molecule has 4 rings (SSSR count). The van der Waals surface area contributed by atoms with Crippen molar-refractivity contribution in [3.63, 3.8) is 0 Å². The van der Waals surface area contributed by atoms with Gasteiger partial charge in [0.2, 0.25) is 0 Å². The van der Waals surface area contributed by atoms with Crippen molar-refractivity contribution in [2.24, 2.45) is 0 Å². The van der Waals surface area contributed by atoms with Gasteiger partial charge in [-0.05, 0) is 68.6 Å². The molecule has 0 saturated carbocycles. The maximum atomic E-state index is 6.11. The first kappa shape index (κ1) is 25.6. The van der Waals surface area contributed by atoms with Crippen molar-refractivity contribution < 1.29 is 14.2 Å². The van der Waals surface area contributed by atoms with Crippen molar-refractivity contribution in [1.82, 2.24) is 9.80 Å². The van der Waals surface area contributed by atoms with Crippen LogP contribution >= 0.6 is 23.2 Å². The number of benzene rings is 2. The van der Waals surface area contributed by atoms with E-state index in [0.717, 1.165) is 51.4 Å². The molecule has 0 spiro atoms. The van der Waals surface area contributed by atoms with Crippen LogP contribution in [0.15, 0.2) is 42.5 Å². The Kier molecular flexibility index (Phi) is 9.38. The Morgan fingerprint density at radius 3 is 2.18 bits per heavy atom. The monoisotopic (exact) mass is 506 g/mol. The molecule has 2 heterocycles. The first-order valence-corrected chi connectivity index (χ1v) is 13.1. The normalized spacial score (nSPS) is 19.1. The number of ether oxygens (including phenoxy) is 3. The molecule has 0 atom stereocenters. The summed E-state index contributed by atoms with van der Waals surface area (Å²) in [4.78, 5) is 4.98. The van der Waals surface area contributed by atoms with Crippen LogP contribution in [0.1, 0.15) is 37.7 Å². The van der Waals surface area contributed by atoms with E-state index in [9.17, 15) is 0 Å². The minimum Gasteiger partial charge on any atom is -0.492 e. The highest BCUT2D eigenvalue weighted by molar-refractivity contribution is 6.42. The van der Waals surface area contributed by atoms with E-state index in [1.807, 2.05) is 6.07 Å². The van der Waals surface area contributed by atoms with Gasteiger partial charge in [0.15, 0.2) is 0 Å². The van der Waals surface area contributed by atoms with Gasteiger partial charge < -0.3 is 14.2 Å². The molecule has 0 bridgehead atoms. The quantitative estimate of drug-likeness (QED) is 0.399. The molecule has 0 unspecified atom stereocenters. The lowest BCUT2D eigenvalue weighted by atomic mass is 9.91. The van der Waals surface area contributed by atoms with Crippen LogP contribution in [0.2, 0.25) is 10.0 Å². The van der Waals surface area contributed by atoms with Crippen molar-refractivity contribution in [3.05, 3.63) is 58.1 Å². The van der Waals surface area contributed by atoms with Gasteiger partial charge in [-0.1, -0.05) is 41.8 Å². The fourth-order valence-electron chi connectivity index (χ4n) is 4.73. The summed E-state index contributed by atoms with van der Waals surface area (Å²) < 4.78 is 17.9. The molecule has 2 aliphatic rings. The Morgan fingerprint density at radius 1 is 0.794 bits per heavy atom. The summed E-state index contributed by atoms with van der Waals surface area (Å²) >= 11 is 12.1. The Balaban J connectivity index is 1.20. The molecular formula is C27H36Cl2N2O3. The second-order valence-electron chi connectivity index (χ2n) is 9.42. The highest BCUT2D eigenvalue weighted by Gasteiger charge is 2.35. The van der Waals surface area contributed by atoms with E-state index in [-0.39, 0.29) is 5.60 Å². The average Bonchev–Trinajstić information content (AvgIpc) is 2.87. The van der Waals surface area contributed by atoms with Crippen LogP contribution in [0.25, 0.3) is 0 Å². The molecule has 2 aliphatic heterocycles. The van der Waals surface area contributed by atoms with E-state index >= 15 is 0 Å². The zero-order chi connectivity index (χ0) is 23.8. The zero-order valence-corrected chi connectivity index (χ0v) is 21.6. The van der Waals surface area contributed by atoms with Gasteiger partial charge >= 0.3 is 0 Å². The standard InChI is InChI=1S/C27H36Cl2N2O3/c1-32-27(21-34-24-9-10-25(28)26(29)19-24)11-15-31(16-12-27)20-22-5-7-23(8-6-22)33-18-17-30-13-3-2-4-14-30/h5-10,19H,2-4,11-18,20-21H2,1H3. The topological polar surface area (TPSA) is 34.2 Å². The maximum Gasteiger partial charge on any atom is 0.121 e. The lowest BCUT2D eigenvalue weighted by molar-refractivity contribution is -0.0839. The van der Waals surface area contributed by atoms with E-state index in [2.05, 4.69) is 34.1 Å². The summed E-state index contributed by atoms with van der Waals surface area (Å²) in [6.07, 6.45) is 5.85. The molecule has 0 amide bonds. The Labute approximate surface area is 213 Å². The first-order chi connectivity index (χ1) is 16.5. The molecule has 7 heteroatoms. The van der Waals surface area contributed by atoms with Crippen LogP contribution in [0, 0.1) is 0 Å². The molecule has 2 aromatic rings. The highest BCUT2D eigenvalue weighted by atomic mass is 35.5. The molecule has 2 saturated heterocycles. The molecule has 2 aromatic carbocycles. The zero-order valence-electron chi connectivity index (χ0n) is 20.1. The summed E-state index contributed by atoms with van der Waals surface area (Å²) in [5.74, 6) is 1.67. The van der Waals surface area contributed by atoms with Crippen molar-refractivity contribution >= 4 is 23.2 Å². The maximum absolute atomic E-state index is 6.11. The molecule has 34 heavy (non-hydrogen) atoms. The summed E-state index contributed by atoms with van der Waals surface area (Å²) in [7, 11) is 1.78. The van der Waals surface area contributed by atoms with E-state index < -0.39 is 0 Å². The summed E-state index contributed by atoms with van der Waals surface area (Å²) in [5, 5.41) is 1.03. The van der Waals surface area contributed by atoms with Gasteiger partial charge in [0.1, 0.15) is 30.3 Å². The van der Waals surface area contributed by atoms with Crippen molar-refractivity contribution in [2.45, 2.75) is 44.2 Å². The van der Waals surface area contributed by atoms with Gasteiger partial charge in [0.25, 0.3) is 0 Å². The molecule has 5 nitrogen and oxygen atoms in total. The predicted molar refractivity (Wildman–Crippen MR) is 138 cm³/mol. The molecular weight excluding hydrogens is 471 g/mol. The third-order valence-corrected chi connectivity index (χ3v) is 7.79. The van der Waals surface area contributed by atoms with Crippen molar-refractivity contribution in [2.75, 3.05) is 53.0 Å². The average molecular weight is 508 g/mol. The second kappa shape index (κ2) is 12.5. The SMILES string of the molecule is COC1(COc2ccc(Cl)c(Cl)c2)CCN(Cc2ccc(OCCN3CCCCC3)cc2)CC1. The second-order valence-corrected chi connectivity index (χ2v) is 10.2. The molecule has 0 aliphatic carbocycles. The van der Waals surface area contributed by atoms with Crippen LogP contribution in [-0.4, -0.2) is 68.4 Å². The number of nitrogens with zero attached hydrogens (tertiary/aromatic N) is 2. The largest absolute Gasteiger partial charge is 0.492 e.